The van der Waals surface area contributed by atoms with Gasteiger partial charge in [0.05, 0.1) is 12.2 Å². The van der Waals surface area contributed by atoms with Gasteiger partial charge in [-0.15, -0.1) is 0 Å². The summed E-state index contributed by atoms with van der Waals surface area (Å²) >= 11 is 3.39. The predicted molar refractivity (Wildman–Crippen MR) is 82.4 cm³/mol. The van der Waals surface area contributed by atoms with E-state index in [0.717, 1.165) is 10.0 Å². The van der Waals surface area contributed by atoms with Crippen LogP contribution >= 0.6 is 15.9 Å². The van der Waals surface area contributed by atoms with Gasteiger partial charge in [-0.1, -0.05) is 28.1 Å². The molecule has 0 bridgehead atoms. The molecule has 0 radical (unpaired) electrons. The molecule has 0 aliphatic heterocycles. The Morgan fingerprint density at radius 1 is 1.25 bits per heavy atom. The largest absolute Gasteiger partial charge is 0.457 e. The highest BCUT2D eigenvalue weighted by Gasteiger charge is 2.09. The average molecular weight is 335 g/mol. The molecule has 2 rings (SSSR count). The average Bonchev–Trinajstić information content (AvgIpc) is 2.39. The number of nitrogen functional groups attached to an aromatic ring is 1. The van der Waals surface area contributed by atoms with Crippen LogP contribution in [-0.2, 0) is 11.3 Å². The number of rotatable bonds is 5. The van der Waals surface area contributed by atoms with Crippen LogP contribution in [0.25, 0.3) is 0 Å². The monoisotopic (exact) mass is 334 g/mol. The van der Waals surface area contributed by atoms with Gasteiger partial charge in [0.15, 0.2) is 0 Å². The van der Waals surface area contributed by atoms with Crippen LogP contribution in [0.1, 0.15) is 11.1 Å². The fourth-order valence-electron chi connectivity index (χ4n) is 1.80. The molecular weight excluding hydrogens is 320 g/mol. The third kappa shape index (κ3) is 3.59. The van der Waals surface area contributed by atoms with Gasteiger partial charge in [-0.05, 0) is 35.9 Å². The molecule has 0 unspecified atom stereocenters. The molecule has 20 heavy (non-hydrogen) atoms. The van der Waals surface area contributed by atoms with Gasteiger partial charge < -0.3 is 15.2 Å². The van der Waals surface area contributed by atoms with Gasteiger partial charge in [-0.3, -0.25) is 5.41 Å². The molecule has 0 amide bonds. The maximum Gasteiger partial charge on any atom is 0.139 e. The van der Waals surface area contributed by atoms with Crippen molar-refractivity contribution >= 4 is 21.8 Å². The van der Waals surface area contributed by atoms with Crippen LogP contribution in [0.15, 0.2) is 46.9 Å². The Morgan fingerprint density at radius 3 is 2.75 bits per heavy atom. The first-order valence-electron chi connectivity index (χ1n) is 6.00. The van der Waals surface area contributed by atoms with Crippen LogP contribution in [0, 0.1) is 5.41 Å². The smallest absolute Gasteiger partial charge is 0.139 e. The van der Waals surface area contributed by atoms with Crippen molar-refractivity contribution in [3.8, 4) is 11.5 Å². The molecule has 0 saturated carbocycles. The lowest BCUT2D eigenvalue weighted by Crippen LogP contribution is -2.12. The van der Waals surface area contributed by atoms with E-state index in [1.54, 1.807) is 19.2 Å². The second-order valence-electron chi connectivity index (χ2n) is 4.24. The number of nitrogens with one attached hydrogen (secondary N) is 1. The number of methoxy groups -OCH3 is 1. The Morgan fingerprint density at radius 2 is 2.05 bits per heavy atom. The van der Waals surface area contributed by atoms with E-state index in [-0.39, 0.29) is 5.84 Å². The minimum atomic E-state index is -0.0273. The van der Waals surface area contributed by atoms with Crippen molar-refractivity contribution < 1.29 is 9.47 Å². The number of amidine groups is 1. The van der Waals surface area contributed by atoms with Gasteiger partial charge in [0.1, 0.15) is 17.3 Å². The number of halogens is 1. The summed E-state index contributed by atoms with van der Waals surface area (Å²) in [6, 6.07) is 13.0. The maximum atomic E-state index is 7.58. The van der Waals surface area contributed by atoms with Crippen LogP contribution in [0.2, 0.25) is 0 Å². The first kappa shape index (κ1) is 14.6. The molecule has 0 aliphatic carbocycles. The molecule has 0 fully saturated rings. The summed E-state index contributed by atoms with van der Waals surface area (Å²) in [5.41, 5.74) is 7.14. The molecule has 4 nitrogen and oxygen atoms in total. The third-order valence-electron chi connectivity index (χ3n) is 2.67. The molecular formula is C15H15BrN2O2. The highest BCUT2D eigenvalue weighted by Crippen LogP contribution is 2.29. The van der Waals surface area contributed by atoms with Gasteiger partial charge in [0, 0.05) is 11.6 Å². The number of nitrogens with two attached hydrogens (primary N) is 1. The predicted octanol–water partition coefficient (Wildman–Crippen LogP) is 3.67. The van der Waals surface area contributed by atoms with E-state index in [2.05, 4.69) is 15.9 Å². The fourth-order valence-corrected chi connectivity index (χ4v) is 2.14. The molecule has 0 saturated heterocycles. The van der Waals surface area contributed by atoms with Gasteiger partial charge in [0.25, 0.3) is 0 Å². The van der Waals surface area contributed by atoms with E-state index < -0.39 is 0 Å². The van der Waals surface area contributed by atoms with Crippen LogP contribution in [-0.4, -0.2) is 12.9 Å². The van der Waals surface area contributed by atoms with E-state index in [1.165, 1.54) is 0 Å². The summed E-state index contributed by atoms with van der Waals surface area (Å²) in [5, 5.41) is 7.58. The Hall–Kier alpha value is -1.85. The number of benzene rings is 2. The quantitative estimate of drug-likeness (QED) is 0.647. The zero-order valence-corrected chi connectivity index (χ0v) is 12.6. The van der Waals surface area contributed by atoms with Gasteiger partial charge in [-0.25, -0.2) is 0 Å². The van der Waals surface area contributed by atoms with Gasteiger partial charge in [0.2, 0.25) is 0 Å². The lowest BCUT2D eigenvalue weighted by molar-refractivity contribution is 0.184. The molecule has 5 heteroatoms. The summed E-state index contributed by atoms with van der Waals surface area (Å²) < 4.78 is 11.8. The summed E-state index contributed by atoms with van der Waals surface area (Å²) in [5.74, 6) is 1.20. The van der Waals surface area contributed by atoms with E-state index in [0.29, 0.717) is 23.7 Å². The fraction of sp³-hybridized carbons (Fsp3) is 0.133. The lowest BCUT2D eigenvalue weighted by atomic mass is 10.2. The number of hydrogen-bond acceptors (Lipinski definition) is 3. The minimum Gasteiger partial charge on any atom is -0.457 e. The molecule has 0 atom stereocenters. The van der Waals surface area contributed by atoms with Crippen molar-refractivity contribution in [2.24, 2.45) is 5.73 Å². The second kappa shape index (κ2) is 6.54. The van der Waals surface area contributed by atoms with Crippen molar-refractivity contribution in [3.05, 3.63) is 58.1 Å². The Bertz CT molecular complexity index is 629. The lowest BCUT2D eigenvalue weighted by Gasteiger charge is -2.11. The molecule has 0 aliphatic rings. The maximum absolute atomic E-state index is 7.58. The van der Waals surface area contributed by atoms with E-state index in [9.17, 15) is 0 Å². The molecule has 0 aromatic heterocycles. The highest BCUT2D eigenvalue weighted by atomic mass is 79.9. The zero-order chi connectivity index (χ0) is 14.5. The molecule has 2 aromatic carbocycles. The van der Waals surface area contributed by atoms with Crippen molar-refractivity contribution in [2.75, 3.05) is 7.11 Å². The van der Waals surface area contributed by atoms with Crippen molar-refractivity contribution in [1.29, 1.82) is 5.41 Å². The van der Waals surface area contributed by atoms with Crippen molar-refractivity contribution in [1.82, 2.24) is 0 Å². The van der Waals surface area contributed by atoms with Crippen LogP contribution in [0.4, 0.5) is 0 Å². The highest BCUT2D eigenvalue weighted by molar-refractivity contribution is 9.10. The van der Waals surface area contributed by atoms with E-state index >= 15 is 0 Å². The van der Waals surface area contributed by atoms with E-state index in [1.807, 2.05) is 30.3 Å². The minimum absolute atomic E-state index is 0.0273. The Labute approximate surface area is 126 Å². The normalized spacial score (nSPS) is 10.3. The topological polar surface area (TPSA) is 68.3 Å². The Balaban J connectivity index is 2.31. The second-order valence-corrected chi connectivity index (χ2v) is 5.15. The molecule has 0 spiro atoms. The van der Waals surface area contributed by atoms with Crippen LogP contribution < -0.4 is 10.5 Å². The van der Waals surface area contributed by atoms with E-state index in [4.69, 9.17) is 20.6 Å². The molecule has 0 heterocycles. The number of hydrogen-bond donors (Lipinski definition) is 2. The van der Waals surface area contributed by atoms with Crippen LogP contribution in [0.3, 0.4) is 0 Å². The summed E-state index contributed by atoms with van der Waals surface area (Å²) in [6.07, 6.45) is 0. The van der Waals surface area contributed by atoms with Crippen molar-refractivity contribution in [2.45, 2.75) is 6.61 Å². The first-order valence-corrected chi connectivity index (χ1v) is 6.79. The van der Waals surface area contributed by atoms with Gasteiger partial charge >= 0.3 is 0 Å². The zero-order valence-electron chi connectivity index (χ0n) is 11.0. The first-order chi connectivity index (χ1) is 9.60. The molecule has 104 valence electrons. The SMILES string of the molecule is COCc1cccc(Oc2cc(Br)ccc2C(=N)N)c1. The summed E-state index contributed by atoms with van der Waals surface area (Å²) in [6.45, 7) is 0.523. The summed E-state index contributed by atoms with van der Waals surface area (Å²) in [4.78, 5) is 0. The number of ether oxygens (including phenoxy) is 2. The van der Waals surface area contributed by atoms with Crippen LogP contribution in [0.5, 0.6) is 11.5 Å². The molecule has 3 N–H and O–H groups in total. The molecule has 2 aromatic rings. The van der Waals surface area contributed by atoms with Crippen molar-refractivity contribution in [3.63, 3.8) is 0 Å². The van der Waals surface area contributed by atoms with Gasteiger partial charge in [-0.2, -0.15) is 0 Å². The Kier molecular flexibility index (Phi) is 4.76. The third-order valence-corrected chi connectivity index (χ3v) is 3.16. The standard InChI is InChI=1S/C15H15BrN2O2/c1-19-9-10-3-2-4-12(7-10)20-14-8-11(16)5-6-13(14)15(17)18/h2-8H,9H2,1H3,(H3,17,18). The summed E-state index contributed by atoms with van der Waals surface area (Å²) in [7, 11) is 1.65.